The van der Waals surface area contributed by atoms with Gasteiger partial charge in [0.05, 0.1) is 0 Å². The van der Waals surface area contributed by atoms with Gasteiger partial charge in [-0.3, -0.25) is 9.59 Å². The summed E-state index contributed by atoms with van der Waals surface area (Å²) in [7, 11) is 0. The summed E-state index contributed by atoms with van der Waals surface area (Å²) in [4.78, 5) is 36.0. The predicted molar refractivity (Wildman–Crippen MR) is 99.2 cm³/mol. The molecule has 0 aromatic heterocycles. The number of carboxylic acids is 1. The van der Waals surface area contributed by atoms with E-state index in [2.05, 4.69) is 5.32 Å². The Morgan fingerprint density at radius 2 is 1.62 bits per heavy atom. The predicted octanol–water partition coefficient (Wildman–Crippen LogP) is 3.52. The fourth-order valence-corrected chi connectivity index (χ4v) is 2.70. The number of nitrogens with one attached hydrogen (secondary N) is 1. The van der Waals surface area contributed by atoms with E-state index in [1.54, 1.807) is 24.3 Å². The molecule has 0 saturated heterocycles. The quantitative estimate of drug-likeness (QED) is 0.746. The lowest BCUT2D eigenvalue weighted by Gasteiger charge is -2.18. The summed E-state index contributed by atoms with van der Waals surface area (Å²) in [6.07, 6.45) is -0.0185. The van der Waals surface area contributed by atoms with E-state index in [1.807, 2.05) is 39.0 Å². The highest BCUT2D eigenvalue weighted by atomic mass is 16.4. The summed E-state index contributed by atoms with van der Waals surface area (Å²) in [5.41, 5.74) is 3.94. The van der Waals surface area contributed by atoms with E-state index < -0.39 is 17.9 Å². The largest absolute Gasteiger partial charge is 0.479 e. The summed E-state index contributed by atoms with van der Waals surface area (Å²) in [6, 6.07) is 11.4. The minimum Gasteiger partial charge on any atom is -0.479 e. The Kier molecular flexibility index (Phi) is 6.28. The Labute approximate surface area is 153 Å². The van der Waals surface area contributed by atoms with Gasteiger partial charge in [-0.1, -0.05) is 48.0 Å². The summed E-state index contributed by atoms with van der Waals surface area (Å²) < 4.78 is 0. The molecule has 2 rings (SSSR count). The van der Waals surface area contributed by atoms with E-state index in [0.717, 1.165) is 16.7 Å². The molecule has 0 aliphatic carbocycles. The molecule has 0 heterocycles. The van der Waals surface area contributed by atoms with Crippen LogP contribution < -0.4 is 5.32 Å². The number of ketones is 1. The van der Waals surface area contributed by atoms with Crippen molar-refractivity contribution in [1.29, 1.82) is 0 Å². The monoisotopic (exact) mass is 353 g/mol. The number of carboxylic acid groups (broad SMARTS) is 1. The molecule has 1 atom stereocenters. The number of carbonyl (C=O) groups is 3. The summed E-state index contributed by atoms with van der Waals surface area (Å²) in [5.74, 6) is -1.73. The van der Waals surface area contributed by atoms with Crippen LogP contribution in [0.5, 0.6) is 0 Å². The van der Waals surface area contributed by atoms with Crippen molar-refractivity contribution in [2.45, 2.75) is 39.7 Å². The Hall–Kier alpha value is -2.95. The zero-order chi connectivity index (χ0) is 19.3. The molecule has 0 spiro atoms. The minimum atomic E-state index is -1.13. The number of carbonyl (C=O) groups excluding carboxylic acids is 2. The van der Waals surface area contributed by atoms with E-state index in [-0.39, 0.29) is 18.6 Å². The maximum atomic E-state index is 12.2. The smallest absolute Gasteiger partial charge is 0.330 e. The van der Waals surface area contributed by atoms with Gasteiger partial charge in [-0.15, -0.1) is 0 Å². The highest BCUT2D eigenvalue weighted by Gasteiger charge is 2.24. The normalized spacial score (nSPS) is 11.7. The van der Waals surface area contributed by atoms with Crippen LogP contribution in [0, 0.1) is 20.8 Å². The Bertz CT molecular complexity index is 824. The average molecular weight is 353 g/mol. The van der Waals surface area contributed by atoms with Gasteiger partial charge in [0.1, 0.15) is 0 Å². The lowest BCUT2D eigenvalue weighted by molar-refractivity contribution is -0.142. The first kappa shape index (κ1) is 19.4. The number of hydrogen-bond acceptors (Lipinski definition) is 3. The molecule has 5 heteroatoms. The molecule has 0 aliphatic heterocycles. The van der Waals surface area contributed by atoms with Gasteiger partial charge in [-0.05, 0) is 37.5 Å². The molecule has 0 aliphatic rings. The molecule has 1 amide bonds. The zero-order valence-electron chi connectivity index (χ0n) is 15.2. The second kappa shape index (κ2) is 8.43. The number of rotatable bonds is 7. The van der Waals surface area contributed by atoms with Crippen molar-refractivity contribution in [2.75, 3.05) is 0 Å². The first-order valence-electron chi connectivity index (χ1n) is 8.47. The van der Waals surface area contributed by atoms with E-state index in [4.69, 9.17) is 0 Å². The molecule has 0 fully saturated rings. The molecule has 1 unspecified atom stereocenters. The van der Waals surface area contributed by atoms with E-state index in [9.17, 15) is 19.5 Å². The molecule has 2 aromatic rings. The molecule has 0 bridgehead atoms. The molecule has 2 N–H and O–H groups in total. The van der Waals surface area contributed by atoms with Crippen LogP contribution >= 0.6 is 0 Å². The van der Waals surface area contributed by atoms with Gasteiger partial charge in [-0.2, -0.15) is 0 Å². The van der Waals surface area contributed by atoms with Crippen LogP contribution in [-0.4, -0.2) is 22.8 Å². The molecule has 0 saturated carbocycles. The van der Waals surface area contributed by atoms with Gasteiger partial charge in [-0.25, -0.2) is 4.79 Å². The summed E-state index contributed by atoms with van der Waals surface area (Å²) >= 11 is 0. The number of benzene rings is 2. The minimum absolute atomic E-state index is 0.0357. The Morgan fingerprint density at radius 1 is 0.962 bits per heavy atom. The first-order valence-corrected chi connectivity index (χ1v) is 8.47. The van der Waals surface area contributed by atoms with E-state index in [1.165, 1.54) is 0 Å². The Balaban J connectivity index is 2.02. The third-order valence-electron chi connectivity index (χ3n) is 4.46. The molecule has 26 heavy (non-hydrogen) atoms. The Morgan fingerprint density at radius 3 is 2.23 bits per heavy atom. The van der Waals surface area contributed by atoms with Crippen LogP contribution in [0.2, 0.25) is 0 Å². The van der Waals surface area contributed by atoms with Gasteiger partial charge in [0.2, 0.25) is 5.91 Å². The summed E-state index contributed by atoms with van der Waals surface area (Å²) in [6.45, 7) is 5.65. The van der Waals surface area contributed by atoms with Crippen LogP contribution in [0.15, 0.2) is 42.5 Å². The van der Waals surface area contributed by atoms with Crippen molar-refractivity contribution in [1.82, 2.24) is 5.32 Å². The second-order valence-corrected chi connectivity index (χ2v) is 6.42. The highest BCUT2D eigenvalue weighted by Crippen LogP contribution is 2.21. The average Bonchev–Trinajstić information content (AvgIpc) is 2.60. The molecule has 136 valence electrons. The fourth-order valence-electron chi connectivity index (χ4n) is 2.70. The number of amides is 1. The highest BCUT2D eigenvalue weighted by molar-refractivity contribution is 5.98. The van der Waals surface area contributed by atoms with Crippen molar-refractivity contribution in [3.05, 3.63) is 70.3 Å². The van der Waals surface area contributed by atoms with Gasteiger partial charge in [0.15, 0.2) is 11.8 Å². The maximum absolute atomic E-state index is 12.2. The second-order valence-electron chi connectivity index (χ2n) is 6.42. The van der Waals surface area contributed by atoms with Crippen LogP contribution in [0.4, 0.5) is 0 Å². The molecular formula is C21H23NO4. The number of aryl methyl sites for hydroxylation is 2. The van der Waals surface area contributed by atoms with Gasteiger partial charge >= 0.3 is 5.97 Å². The number of hydrogen-bond donors (Lipinski definition) is 2. The van der Waals surface area contributed by atoms with Crippen molar-refractivity contribution in [3.63, 3.8) is 0 Å². The zero-order valence-corrected chi connectivity index (χ0v) is 15.2. The van der Waals surface area contributed by atoms with Gasteiger partial charge < -0.3 is 10.4 Å². The lowest BCUT2D eigenvalue weighted by atomic mass is 9.97. The maximum Gasteiger partial charge on any atom is 0.330 e. The first-order chi connectivity index (χ1) is 12.3. The van der Waals surface area contributed by atoms with Crippen LogP contribution in [0.1, 0.15) is 51.5 Å². The van der Waals surface area contributed by atoms with Crippen molar-refractivity contribution < 1.29 is 19.5 Å². The van der Waals surface area contributed by atoms with Crippen LogP contribution in [-0.2, 0) is 9.59 Å². The third kappa shape index (κ3) is 4.79. The van der Waals surface area contributed by atoms with Crippen LogP contribution in [0.3, 0.4) is 0 Å². The standard InChI is InChI=1S/C21H23NO4/c1-13-7-9-16(10-8-13)18(23)11-12-19(24)22-20(21(25)26)17-6-4-5-14(2)15(17)3/h4-10,20H,11-12H2,1-3H3,(H,22,24)(H,25,26). The lowest BCUT2D eigenvalue weighted by Crippen LogP contribution is -2.34. The van der Waals surface area contributed by atoms with Gasteiger partial charge in [0.25, 0.3) is 0 Å². The van der Waals surface area contributed by atoms with Crippen molar-refractivity contribution in [2.24, 2.45) is 0 Å². The van der Waals surface area contributed by atoms with Gasteiger partial charge in [0, 0.05) is 18.4 Å². The van der Waals surface area contributed by atoms with E-state index >= 15 is 0 Å². The molecule has 2 aromatic carbocycles. The van der Waals surface area contributed by atoms with Crippen molar-refractivity contribution in [3.8, 4) is 0 Å². The topological polar surface area (TPSA) is 83.5 Å². The fraction of sp³-hybridized carbons (Fsp3) is 0.286. The van der Waals surface area contributed by atoms with E-state index in [0.29, 0.717) is 11.1 Å². The molecule has 5 nitrogen and oxygen atoms in total. The third-order valence-corrected chi connectivity index (χ3v) is 4.46. The summed E-state index contributed by atoms with van der Waals surface area (Å²) in [5, 5.41) is 12.0. The van der Waals surface area contributed by atoms with Crippen LogP contribution in [0.25, 0.3) is 0 Å². The number of Topliss-reactive ketones (excluding diaryl/α,β-unsaturated/α-hetero) is 1. The van der Waals surface area contributed by atoms with Crippen molar-refractivity contribution >= 4 is 17.7 Å². The molecular weight excluding hydrogens is 330 g/mol. The SMILES string of the molecule is Cc1ccc(C(=O)CCC(=O)NC(C(=O)O)c2cccc(C)c2C)cc1. The molecule has 0 radical (unpaired) electrons. The number of aliphatic carboxylic acids is 1.